The summed E-state index contributed by atoms with van der Waals surface area (Å²) in [6.07, 6.45) is 9.68. The Labute approximate surface area is 195 Å². The van der Waals surface area contributed by atoms with Crippen LogP contribution in [0.2, 0.25) is 0 Å². The zero-order valence-electron chi connectivity index (χ0n) is 18.1. The number of fused-ring (bicyclic) bond motifs is 2. The molecule has 9 nitrogen and oxygen atoms in total. The Morgan fingerprint density at radius 1 is 1.17 bits per heavy atom. The Kier molecular flexibility index (Phi) is 8.46. The topological polar surface area (TPSA) is 97.8 Å². The smallest absolute Gasteiger partial charge is 0.191 e. The van der Waals surface area contributed by atoms with Crippen LogP contribution in [0.4, 0.5) is 0 Å². The molecule has 0 aromatic carbocycles. The summed E-state index contributed by atoms with van der Waals surface area (Å²) in [6, 6.07) is 0.326. The first kappa shape index (κ1) is 23.0. The van der Waals surface area contributed by atoms with Gasteiger partial charge in [-0.2, -0.15) is 5.10 Å². The Morgan fingerprint density at radius 2 is 2.07 bits per heavy atom. The number of guanidine groups is 1. The molecule has 30 heavy (non-hydrogen) atoms. The number of halogens is 1. The van der Waals surface area contributed by atoms with Gasteiger partial charge < -0.3 is 15.2 Å². The van der Waals surface area contributed by atoms with Crippen LogP contribution in [-0.2, 0) is 38.8 Å². The fourth-order valence-corrected chi connectivity index (χ4v) is 4.20. The van der Waals surface area contributed by atoms with Gasteiger partial charge in [-0.05, 0) is 25.7 Å². The molecular weight excluding hydrogens is 493 g/mol. The molecule has 1 atom stereocenters. The van der Waals surface area contributed by atoms with Gasteiger partial charge in [-0.3, -0.25) is 4.99 Å². The van der Waals surface area contributed by atoms with Crippen molar-refractivity contribution in [3.63, 3.8) is 0 Å². The molecule has 2 aliphatic rings. The zero-order valence-corrected chi connectivity index (χ0v) is 20.4. The number of rotatable bonds is 6. The number of aromatic nitrogens is 6. The summed E-state index contributed by atoms with van der Waals surface area (Å²) < 4.78 is 4.38. The summed E-state index contributed by atoms with van der Waals surface area (Å²) in [5.41, 5.74) is 0. The molecule has 0 saturated carbocycles. The molecule has 2 N–H and O–H groups in total. The van der Waals surface area contributed by atoms with Gasteiger partial charge in [-0.1, -0.05) is 13.3 Å². The van der Waals surface area contributed by atoms with E-state index in [1.165, 1.54) is 25.1 Å². The minimum absolute atomic E-state index is 0. The van der Waals surface area contributed by atoms with E-state index in [2.05, 4.69) is 47.4 Å². The van der Waals surface area contributed by atoms with Crippen molar-refractivity contribution in [1.29, 1.82) is 0 Å². The summed E-state index contributed by atoms with van der Waals surface area (Å²) in [6.45, 7) is 4.87. The fourth-order valence-electron chi connectivity index (χ4n) is 4.20. The molecule has 4 rings (SSSR count). The largest absolute Gasteiger partial charge is 0.356 e. The summed E-state index contributed by atoms with van der Waals surface area (Å²) >= 11 is 0. The van der Waals surface area contributed by atoms with Crippen molar-refractivity contribution >= 4 is 29.9 Å². The average molecular weight is 527 g/mol. The SMILES string of the molecule is CCc1nc2n(n1)CC(NC(=NC)NCCCc1nnc3n1CCCCC3)CC2.I. The standard InChI is InChI=1S/C20H33N9.HI/c1-3-16-24-17-11-10-15(14-29(17)27-16)23-20(21-2)22-12-7-9-19-26-25-18-8-5-4-6-13-28(18)19;/h15H,3-14H2,1-2H3,(H2,21,22,23);1H. The van der Waals surface area contributed by atoms with Gasteiger partial charge in [0.25, 0.3) is 0 Å². The van der Waals surface area contributed by atoms with Crippen LogP contribution in [0, 0.1) is 0 Å². The molecule has 4 heterocycles. The molecule has 2 aliphatic heterocycles. The summed E-state index contributed by atoms with van der Waals surface area (Å²) in [7, 11) is 1.83. The van der Waals surface area contributed by atoms with Crippen LogP contribution >= 0.6 is 24.0 Å². The van der Waals surface area contributed by atoms with Crippen molar-refractivity contribution < 1.29 is 0 Å². The van der Waals surface area contributed by atoms with Gasteiger partial charge in [0.15, 0.2) is 11.8 Å². The van der Waals surface area contributed by atoms with E-state index in [9.17, 15) is 0 Å². The van der Waals surface area contributed by atoms with E-state index in [0.29, 0.717) is 6.04 Å². The summed E-state index contributed by atoms with van der Waals surface area (Å²) in [4.78, 5) is 8.98. The van der Waals surface area contributed by atoms with Crippen LogP contribution in [0.5, 0.6) is 0 Å². The minimum atomic E-state index is 0. The third kappa shape index (κ3) is 5.50. The van der Waals surface area contributed by atoms with Crippen molar-refractivity contribution in [2.24, 2.45) is 4.99 Å². The highest BCUT2D eigenvalue weighted by Gasteiger charge is 2.22. The number of aryl methyl sites for hydroxylation is 4. The Bertz CT molecular complexity index is 841. The highest BCUT2D eigenvalue weighted by atomic mass is 127. The van der Waals surface area contributed by atoms with Gasteiger partial charge in [0.1, 0.15) is 17.5 Å². The maximum atomic E-state index is 4.59. The number of aliphatic imine (C=N–C) groups is 1. The Morgan fingerprint density at radius 3 is 2.90 bits per heavy atom. The molecule has 10 heteroatoms. The second kappa shape index (κ2) is 11.1. The van der Waals surface area contributed by atoms with Crippen molar-refractivity contribution in [3.05, 3.63) is 23.3 Å². The number of hydrogen-bond donors (Lipinski definition) is 2. The molecule has 0 radical (unpaired) electrons. The lowest BCUT2D eigenvalue weighted by Gasteiger charge is -2.25. The van der Waals surface area contributed by atoms with Gasteiger partial charge in [0.05, 0.1) is 6.54 Å². The van der Waals surface area contributed by atoms with Crippen LogP contribution in [0.25, 0.3) is 0 Å². The first-order valence-electron chi connectivity index (χ1n) is 11.1. The molecule has 0 fully saturated rings. The average Bonchev–Trinajstić information content (AvgIpc) is 3.25. The molecule has 2 aromatic rings. The first-order chi connectivity index (χ1) is 14.3. The molecular formula is C20H34IN9. The quantitative estimate of drug-likeness (QED) is 0.258. The third-order valence-corrected chi connectivity index (χ3v) is 5.84. The van der Waals surface area contributed by atoms with Crippen LogP contribution in [-0.4, -0.2) is 55.1 Å². The Balaban J connectivity index is 0.00000256. The minimum Gasteiger partial charge on any atom is -0.356 e. The zero-order chi connectivity index (χ0) is 20.1. The van der Waals surface area contributed by atoms with Gasteiger partial charge in [-0.25, -0.2) is 9.67 Å². The van der Waals surface area contributed by atoms with E-state index in [1.807, 2.05) is 11.7 Å². The Hall–Kier alpha value is -1.72. The van der Waals surface area contributed by atoms with E-state index in [1.54, 1.807) is 0 Å². The van der Waals surface area contributed by atoms with Gasteiger partial charge in [0, 0.05) is 51.9 Å². The summed E-state index contributed by atoms with van der Waals surface area (Å²) in [5, 5.41) is 20.4. The monoisotopic (exact) mass is 527 g/mol. The van der Waals surface area contributed by atoms with Gasteiger partial charge in [0.2, 0.25) is 0 Å². The van der Waals surface area contributed by atoms with E-state index in [4.69, 9.17) is 0 Å². The third-order valence-electron chi connectivity index (χ3n) is 5.84. The molecule has 166 valence electrons. The lowest BCUT2D eigenvalue weighted by molar-refractivity contribution is 0.392. The summed E-state index contributed by atoms with van der Waals surface area (Å²) in [5.74, 6) is 5.20. The predicted octanol–water partition coefficient (Wildman–Crippen LogP) is 1.89. The van der Waals surface area contributed by atoms with Crippen LogP contribution < -0.4 is 10.6 Å². The number of hydrogen-bond acceptors (Lipinski definition) is 5. The van der Waals surface area contributed by atoms with Crippen molar-refractivity contribution in [1.82, 2.24) is 40.2 Å². The fraction of sp³-hybridized carbons (Fsp3) is 0.750. The second-order valence-electron chi connectivity index (χ2n) is 7.96. The van der Waals surface area contributed by atoms with E-state index in [0.717, 1.165) is 81.6 Å². The highest BCUT2D eigenvalue weighted by Crippen LogP contribution is 2.15. The van der Waals surface area contributed by atoms with Gasteiger partial charge >= 0.3 is 0 Å². The molecule has 0 saturated heterocycles. The number of nitrogens with zero attached hydrogens (tertiary/aromatic N) is 7. The normalized spacial score (nSPS) is 18.7. The second-order valence-corrected chi connectivity index (χ2v) is 7.96. The molecule has 0 spiro atoms. The van der Waals surface area contributed by atoms with Crippen LogP contribution in [0.15, 0.2) is 4.99 Å². The molecule has 1 unspecified atom stereocenters. The van der Waals surface area contributed by atoms with Gasteiger partial charge in [-0.15, -0.1) is 34.2 Å². The highest BCUT2D eigenvalue weighted by molar-refractivity contribution is 14.0. The molecule has 0 aliphatic carbocycles. The molecule has 0 bridgehead atoms. The lowest BCUT2D eigenvalue weighted by atomic mass is 10.1. The number of nitrogens with one attached hydrogen (secondary N) is 2. The van der Waals surface area contributed by atoms with Crippen LogP contribution in [0.3, 0.4) is 0 Å². The molecule has 2 aromatic heterocycles. The maximum absolute atomic E-state index is 4.59. The van der Waals surface area contributed by atoms with E-state index >= 15 is 0 Å². The first-order valence-corrected chi connectivity index (χ1v) is 11.1. The van der Waals surface area contributed by atoms with Crippen molar-refractivity contribution in [2.75, 3.05) is 13.6 Å². The van der Waals surface area contributed by atoms with E-state index < -0.39 is 0 Å². The predicted molar refractivity (Wildman–Crippen MR) is 127 cm³/mol. The lowest BCUT2D eigenvalue weighted by Crippen LogP contribution is -2.47. The maximum Gasteiger partial charge on any atom is 0.191 e. The van der Waals surface area contributed by atoms with E-state index in [-0.39, 0.29) is 24.0 Å². The van der Waals surface area contributed by atoms with Crippen LogP contribution in [0.1, 0.15) is 62.3 Å². The molecule has 0 amide bonds. The van der Waals surface area contributed by atoms with Crippen molar-refractivity contribution in [2.45, 2.75) is 83.8 Å². The van der Waals surface area contributed by atoms with Crippen molar-refractivity contribution in [3.8, 4) is 0 Å².